The molecule has 0 aliphatic heterocycles. The van der Waals surface area contributed by atoms with Crippen LogP contribution in [0.1, 0.15) is 47.1 Å². The summed E-state index contributed by atoms with van der Waals surface area (Å²) in [7, 11) is 0. The molecule has 0 unspecified atom stereocenters. The number of aldehydes is 1. The molecule has 0 aliphatic carbocycles. The zero-order chi connectivity index (χ0) is 19.3. The van der Waals surface area contributed by atoms with E-state index in [1.807, 2.05) is 0 Å². The summed E-state index contributed by atoms with van der Waals surface area (Å²) in [5.74, 6) is -0.481. The van der Waals surface area contributed by atoms with Gasteiger partial charge in [-0.15, -0.1) is 0 Å². The Morgan fingerprint density at radius 2 is 1.48 bits per heavy atom. The minimum Gasteiger partial charge on any atom is -0.422 e. The third-order valence-corrected chi connectivity index (χ3v) is 3.19. The minimum absolute atomic E-state index is 0.183. The van der Waals surface area contributed by atoms with Gasteiger partial charge in [-0.25, -0.2) is 0 Å². The zero-order valence-electron chi connectivity index (χ0n) is 15.8. The molecule has 25 heavy (non-hydrogen) atoms. The Bertz CT molecular complexity index is 638. The average molecular weight is 349 g/mol. The second kappa shape index (κ2) is 8.25. The van der Waals surface area contributed by atoms with Crippen molar-refractivity contribution in [2.24, 2.45) is 10.8 Å². The lowest BCUT2D eigenvalue weighted by Crippen LogP contribution is -2.28. The van der Waals surface area contributed by atoms with Crippen molar-refractivity contribution < 1.29 is 23.9 Å². The van der Waals surface area contributed by atoms with Gasteiger partial charge in [0.2, 0.25) is 0 Å². The molecule has 0 radical (unpaired) electrons. The number of carbonyl (C=O) groups is 3. The molecule has 6 nitrogen and oxygen atoms in total. The molecule has 0 aliphatic rings. The molecule has 1 aromatic rings. The molecule has 138 valence electrons. The topological polar surface area (TPSA) is 81.7 Å². The van der Waals surface area contributed by atoms with Crippen molar-refractivity contribution in [1.29, 1.82) is 0 Å². The Morgan fingerprint density at radius 1 is 0.960 bits per heavy atom. The van der Waals surface area contributed by atoms with Crippen LogP contribution in [0.15, 0.2) is 18.2 Å². The van der Waals surface area contributed by atoms with Crippen molar-refractivity contribution in [3.8, 4) is 11.5 Å². The van der Waals surface area contributed by atoms with Gasteiger partial charge in [-0.3, -0.25) is 9.59 Å². The number of hydrogen-bond donors (Lipinski definition) is 1. The molecule has 6 heteroatoms. The second-order valence-electron chi connectivity index (χ2n) is 7.86. The van der Waals surface area contributed by atoms with Gasteiger partial charge in [0.25, 0.3) is 0 Å². The first-order chi connectivity index (χ1) is 11.4. The number of carbonyl (C=O) groups excluding carboxylic acids is 3. The van der Waals surface area contributed by atoms with E-state index in [0.717, 1.165) is 11.8 Å². The molecule has 0 saturated carbocycles. The van der Waals surface area contributed by atoms with Crippen LogP contribution in [0.25, 0.3) is 0 Å². The second-order valence-corrected chi connectivity index (χ2v) is 7.86. The molecular formula is C19H27NO5. The van der Waals surface area contributed by atoms with E-state index in [1.165, 1.54) is 0 Å². The van der Waals surface area contributed by atoms with Crippen LogP contribution in [0.3, 0.4) is 0 Å². The predicted octanol–water partition coefficient (Wildman–Crippen LogP) is 2.88. The van der Waals surface area contributed by atoms with Crippen LogP contribution in [0.4, 0.5) is 0 Å². The number of ether oxygens (including phenoxy) is 2. The molecular weight excluding hydrogens is 322 g/mol. The highest BCUT2D eigenvalue weighted by Gasteiger charge is 2.28. The Labute approximate surface area is 148 Å². The Kier molecular flexibility index (Phi) is 6.87. The van der Waals surface area contributed by atoms with Crippen molar-refractivity contribution >= 4 is 18.2 Å². The van der Waals surface area contributed by atoms with Crippen molar-refractivity contribution in [1.82, 2.24) is 5.32 Å². The molecule has 0 aromatic heterocycles. The first-order valence-electron chi connectivity index (χ1n) is 8.17. The van der Waals surface area contributed by atoms with E-state index >= 15 is 0 Å². The minimum atomic E-state index is -0.697. The van der Waals surface area contributed by atoms with E-state index in [-0.39, 0.29) is 18.0 Å². The van der Waals surface area contributed by atoms with E-state index in [1.54, 1.807) is 59.7 Å². The third-order valence-electron chi connectivity index (χ3n) is 3.19. The largest absolute Gasteiger partial charge is 0.422 e. The lowest BCUT2D eigenvalue weighted by Gasteiger charge is -2.20. The fourth-order valence-corrected chi connectivity index (χ4v) is 1.61. The molecule has 0 fully saturated rings. The standard InChI is InChI=1S/C19H27NO5/c1-18(2,3)16(22)24-14-8-7-13(12-20-9-10-21)11-15(14)25-17(23)19(4,5)6/h7-8,10-11,20H,9,12H2,1-6H3. The molecule has 0 spiro atoms. The van der Waals surface area contributed by atoms with Crippen molar-refractivity contribution in [3.63, 3.8) is 0 Å². The van der Waals surface area contributed by atoms with E-state index in [2.05, 4.69) is 5.32 Å². The number of nitrogens with one attached hydrogen (secondary N) is 1. The van der Waals surface area contributed by atoms with Crippen molar-refractivity contribution in [2.45, 2.75) is 48.1 Å². The predicted molar refractivity (Wildman–Crippen MR) is 94.4 cm³/mol. The van der Waals surface area contributed by atoms with Crippen molar-refractivity contribution in [3.05, 3.63) is 23.8 Å². The Hall–Kier alpha value is -2.21. The lowest BCUT2D eigenvalue weighted by atomic mass is 9.97. The van der Waals surface area contributed by atoms with Gasteiger partial charge >= 0.3 is 11.9 Å². The van der Waals surface area contributed by atoms with E-state index in [9.17, 15) is 14.4 Å². The molecule has 0 saturated heterocycles. The highest BCUT2D eigenvalue weighted by molar-refractivity contribution is 5.81. The summed E-state index contributed by atoms with van der Waals surface area (Å²) in [6.07, 6.45) is 0.764. The fraction of sp³-hybridized carbons (Fsp3) is 0.526. The monoisotopic (exact) mass is 349 g/mol. The highest BCUT2D eigenvalue weighted by atomic mass is 16.6. The van der Waals surface area contributed by atoms with Crippen LogP contribution in [-0.4, -0.2) is 24.8 Å². The van der Waals surface area contributed by atoms with Crippen LogP contribution in [0.2, 0.25) is 0 Å². The highest BCUT2D eigenvalue weighted by Crippen LogP contribution is 2.32. The number of benzene rings is 1. The van der Waals surface area contributed by atoms with Gasteiger partial charge in [0.05, 0.1) is 17.4 Å². The maximum absolute atomic E-state index is 12.2. The summed E-state index contributed by atoms with van der Waals surface area (Å²) in [6.45, 7) is 11.1. The third kappa shape index (κ3) is 6.66. The van der Waals surface area contributed by atoms with Gasteiger partial charge in [-0.05, 0) is 59.2 Å². The number of esters is 2. The summed E-state index contributed by atoms with van der Waals surface area (Å²) < 4.78 is 10.9. The summed E-state index contributed by atoms with van der Waals surface area (Å²) >= 11 is 0. The summed E-state index contributed by atoms with van der Waals surface area (Å²) in [5, 5.41) is 2.93. The quantitative estimate of drug-likeness (QED) is 0.368. The van der Waals surface area contributed by atoms with Crippen LogP contribution in [0.5, 0.6) is 11.5 Å². The van der Waals surface area contributed by atoms with Crippen LogP contribution >= 0.6 is 0 Å². The van der Waals surface area contributed by atoms with Crippen LogP contribution < -0.4 is 14.8 Å². The number of rotatable bonds is 6. The SMILES string of the molecule is CC(C)(C)C(=O)Oc1ccc(CNCC=O)cc1OC(=O)C(C)(C)C. The normalized spacial score (nSPS) is 11.8. The fourth-order valence-electron chi connectivity index (χ4n) is 1.61. The van der Waals surface area contributed by atoms with E-state index in [0.29, 0.717) is 6.54 Å². The van der Waals surface area contributed by atoms with Gasteiger partial charge in [0, 0.05) is 6.54 Å². The Balaban J connectivity index is 3.10. The molecule has 0 atom stereocenters. The number of hydrogen-bond acceptors (Lipinski definition) is 6. The van der Waals surface area contributed by atoms with E-state index in [4.69, 9.17) is 9.47 Å². The van der Waals surface area contributed by atoms with Gasteiger partial charge < -0.3 is 19.6 Å². The molecule has 1 rings (SSSR count). The van der Waals surface area contributed by atoms with Gasteiger partial charge in [0.15, 0.2) is 11.5 Å². The first-order valence-corrected chi connectivity index (χ1v) is 8.17. The van der Waals surface area contributed by atoms with Gasteiger partial charge in [0.1, 0.15) is 6.29 Å². The molecule has 0 bridgehead atoms. The zero-order valence-corrected chi connectivity index (χ0v) is 15.8. The Morgan fingerprint density at radius 3 is 1.96 bits per heavy atom. The van der Waals surface area contributed by atoms with Gasteiger partial charge in [-0.1, -0.05) is 6.07 Å². The summed E-state index contributed by atoms with van der Waals surface area (Å²) in [6, 6.07) is 4.97. The summed E-state index contributed by atoms with van der Waals surface area (Å²) in [5.41, 5.74) is -0.582. The molecule has 1 aromatic carbocycles. The first kappa shape index (κ1) is 20.8. The van der Waals surface area contributed by atoms with E-state index < -0.39 is 22.8 Å². The van der Waals surface area contributed by atoms with Crippen LogP contribution in [0, 0.1) is 10.8 Å². The molecule has 0 heterocycles. The van der Waals surface area contributed by atoms with Gasteiger partial charge in [-0.2, -0.15) is 0 Å². The smallest absolute Gasteiger partial charge is 0.316 e. The van der Waals surface area contributed by atoms with Crippen LogP contribution in [-0.2, 0) is 20.9 Å². The maximum Gasteiger partial charge on any atom is 0.316 e. The average Bonchev–Trinajstić information content (AvgIpc) is 2.47. The molecule has 1 N–H and O–H groups in total. The summed E-state index contributed by atoms with van der Waals surface area (Å²) in [4.78, 5) is 34.8. The molecule has 0 amide bonds. The maximum atomic E-state index is 12.2. The lowest BCUT2D eigenvalue weighted by molar-refractivity contribution is -0.145. The van der Waals surface area contributed by atoms with Crippen molar-refractivity contribution in [2.75, 3.05) is 6.54 Å².